The number of nitrogens with zero attached hydrogens (tertiary/aromatic N) is 1. The van der Waals surface area contributed by atoms with Crippen molar-refractivity contribution in [1.82, 2.24) is 10.2 Å². The van der Waals surface area contributed by atoms with Crippen molar-refractivity contribution in [2.45, 2.75) is 12.5 Å². The van der Waals surface area contributed by atoms with Crippen LogP contribution in [0, 0.1) is 0 Å². The summed E-state index contributed by atoms with van der Waals surface area (Å²) in [7, 11) is 2.17. The maximum atomic E-state index is 6.01. The molecule has 1 aromatic carbocycles. The van der Waals surface area contributed by atoms with Crippen molar-refractivity contribution in [1.29, 1.82) is 0 Å². The fourth-order valence-electron chi connectivity index (χ4n) is 2.03. The molecular formula is C12H16Cl2N2. The molecule has 4 heteroatoms. The van der Waals surface area contributed by atoms with Crippen LogP contribution >= 0.6 is 23.2 Å². The largest absolute Gasteiger partial charge is 0.314 e. The monoisotopic (exact) mass is 258 g/mol. The van der Waals surface area contributed by atoms with Crippen LogP contribution in [0.15, 0.2) is 18.2 Å². The van der Waals surface area contributed by atoms with Crippen LogP contribution in [0.5, 0.6) is 0 Å². The van der Waals surface area contributed by atoms with Crippen LogP contribution in [0.2, 0.25) is 10.0 Å². The first-order chi connectivity index (χ1) is 7.66. The van der Waals surface area contributed by atoms with E-state index in [1.54, 1.807) is 0 Å². The Morgan fingerprint density at radius 2 is 2.19 bits per heavy atom. The first kappa shape index (κ1) is 12.2. The molecule has 0 aliphatic carbocycles. The second kappa shape index (κ2) is 5.37. The molecule has 1 aliphatic heterocycles. The Morgan fingerprint density at radius 3 is 2.88 bits per heavy atom. The number of halogens is 2. The Labute approximate surface area is 107 Å². The van der Waals surface area contributed by atoms with Gasteiger partial charge in [0.2, 0.25) is 0 Å². The second-order valence-corrected chi connectivity index (χ2v) is 5.11. The highest BCUT2D eigenvalue weighted by atomic mass is 35.5. The molecule has 16 heavy (non-hydrogen) atoms. The summed E-state index contributed by atoms with van der Waals surface area (Å²) in [5.74, 6) is 0. The van der Waals surface area contributed by atoms with Crippen molar-refractivity contribution in [3.63, 3.8) is 0 Å². The van der Waals surface area contributed by atoms with Crippen molar-refractivity contribution in [2.75, 3.05) is 26.7 Å². The molecule has 1 fully saturated rings. The molecule has 1 N–H and O–H groups in total. The second-order valence-electron chi connectivity index (χ2n) is 4.29. The number of rotatable bonds is 2. The van der Waals surface area contributed by atoms with Crippen LogP contribution in [0.25, 0.3) is 0 Å². The van der Waals surface area contributed by atoms with Gasteiger partial charge in [-0.05, 0) is 31.2 Å². The van der Waals surface area contributed by atoms with Crippen molar-refractivity contribution in [3.05, 3.63) is 33.8 Å². The third-order valence-corrected chi connectivity index (χ3v) is 3.84. The van der Waals surface area contributed by atoms with E-state index in [4.69, 9.17) is 23.2 Å². The lowest BCUT2D eigenvalue weighted by atomic mass is 10.0. The fraction of sp³-hybridized carbons (Fsp3) is 0.500. The summed E-state index contributed by atoms with van der Waals surface area (Å²) in [6.45, 7) is 3.22. The minimum absolute atomic E-state index is 0.547. The Balaban J connectivity index is 2.05. The van der Waals surface area contributed by atoms with E-state index in [1.807, 2.05) is 12.1 Å². The number of hydrogen-bond donors (Lipinski definition) is 1. The van der Waals surface area contributed by atoms with Gasteiger partial charge in [-0.2, -0.15) is 0 Å². The molecule has 0 bridgehead atoms. The Bertz CT molecular complexity index is 368. The highest BCUT2D eigenvalue weighted by molar-refractivity contribution is 6.42. The van der Waals surface area contributed by atoms with Crippen LogP contribution in [0.1, 0.15) is 5.56 Å². The van der Waals surface area contributed by atoms with Gasteiger partial charge in [0.25, 0.3) is 0 Å². The predicted molar refractivity (Wildman–Crippen MR) is 69.5 cm³/mol. The van der Waals surface area contributed by atoms with Gasteiger partial charge >= 0.3 is 0 Å². The first-order valence-electron chi connectivity index (χ1n) is 5.51. The number of piperazine rings is 1. The molecule has 1 atom stereocenters. The SMILES string of the molecule is CN1CCNCC1Cc1ccc(Cl)c(Cl)c1. The van der Waals surface area contributed by atoms with Gasteiger partial charge in [-0.15, -0.1) is 0 Å². The zero-order valence-electron chi connectivity index (χ0n) is 9.34. The Kier molecular flexibility index (Phi) is 4.09. The van der Waals surface area contributed by atoms with Gasteiger partial charge in [0.15, 0.2) is 0 Å². The summed E-state index contributed by atoms with van der Waals surface area (Å²) in [6, 6.07) is 6.43. The maximum Gasteiger partial charge on any atom is 0.0595 e. The van der Waals surface area contributed by atoms with E-state index >= 15 is 0 Å². The van der Waals surface area contributed by atoms with E-state index in [0.29, 0.717) is 16.1 Å². The molecule has 0 aromatic heterocycles. The molecule has 2 rings (SSSR count). The van der Waals surface area contributed by atoms with Gasteiger partial charge in [0.05, 0.1) is 10.0 Å². The number of hydrogen-bond acceptors (Lipinski definition) is 2. The molecule has 1 unspecified atom stereocenters. The first-order valence-corrected chi connectivity index (χ1v) is 6.27. The summed E-state index contributed by atoms with van der Waals surface area (Å²) < 4.78 is 0. The Morgan fingerprint density at radius 1 is 1.38 bits per heavy atom. The molecule has 2 nitrogen and oxygen atoms in total. The average molecular weight is 259 g/mol. The van der Waals surface area contributed by atoms with E-state index in [2.05, 4.69) is 23.3 Å². The van der Waals surface area contributed by atoms with Crippen molar-refractivity contribution in [3.8, 4) is 0 Å². The molecule has 0 saturated carbocycles. The molecule has 1 aliphatic rings. The third kappa shape index (κ3) is 2.89. The summed E-state index contributed by atoms with van der Waals surface area (Å²) in [5.41, 5.74) is 1.25. The predicted octanol–water partition coefficient (Wildman–Crippen LogP) is 2.44. The molecule has 1 aromatic rings. The van der Waals surface area contributed by atoms with Crippen LogP contribution in [-0.4, -0.2) is 37.6 Å². The van der Waals surface area contributed by atoms with Crippen molar-refractivity contribution >= 4 is 23.2 Å². The zero-order valence-corrected chi connectivity index (χ0v) is 10.9. The van der Waals surface area contributed by atoms with Gasteiger partial charge in [-0.25, -0.2) is 0 Å². The normalized spacial score (nSPS) is 22.3. The standard InChI is InChI=1S/C12H16Cl2N2/c1-16-5-4-15-8-10(16)6-9-2-3-11(13)12(14)7-9/h2-3,7,10,15H,4-6,8H2,1H3. The summed E-state index contributed by atoms with van der Waals surface area (Å²) >= 11 is 11.9. The highest BCUT2D eigenvalue weighted by Crippen LogP contribution is 2.23. The van der Waals surface area contributed by atoms with Gasteiger partial charge < -0.3 is 10.2 Å². The summed E-state index contributed by atoms with van der Waals surface area (Å²) in [6.07, 6.45) is 1.01. The van der Waals surface area contributed by atoms with E-state index in [9.17, 15) is 0 Å². The summed E-state index contributed by atoms with van der Waals surface area (Å²) in [4.78, 5) is 2.39. The minimum Gasteiger partial charge on any atom is -0.314 e. The van der Waals surface area contributed by atoms with E-state index in [-0.39, 0.29) is 0 Å². The maximum absolute atomic E-state index is 6.01. The summed E-state index contributed by atoms with van der Waals surface area (Å²) in [5, 5.41) is 4.68. The zero-order chi connectivity index (χ0) is 11.5. The Hall–Kier alpha value is -0.280. The molecule has 1 heterocycles. The molecule has 0 spiro atoms. The lowest BCUT2D eigenvalue weighted by Crippen LogP contribution is -2.50. The van der Waals surface area contributed by atoms with Crippen LogP contribution in [0.3, 0.4) is 0 Å². The molecule has 0 amide bonds. The average Bonchev–Trinajstić information content (AvgIpc) is 2.27. The van der Waals surface area contributed by atoms with Crippen molar-refractivity contribution < 1.29 is 0 Å². The molecular weight excluding hydrogens is 243 g/mol. The fourth-order valence-corrected chi connectivity index (χ4v) is 2.35. The number of nitrogens with one attached hydrogen (secondary N) is 1. The number of likely N-dealkylation sites (N-methyl/N-ethyl adjacent to an activating group) is 1. The molecule has 1 saturated heterocycles. The smallest absolute Gasteiger partial charge is 0.0595 e. The topological polar surface area (TPSA) is 15.3 Å². The number of benzene rings is 1. The lowest BCUT2D eigenvalue weighted by Gasteiger charge is -2.33. The molecule has 88 valence electrons. The lowest BCUT2D eigenvalue weighted by molar-refractivity contribution is 0.199. The van der Waals surface area contributed by atoms with Crippen LogP contribution in [-0.2, 0) is 6.42 Å². The van der Waals surface area contributed by atoms with Crippen molar-refractivity contribution in [2.24, 2.45) is 0 Å². The van der Waals surface area contributed by atoms with E-state index < -0.39 is 0 Å². The van der Waals surface area contributed by atoms with Crippen LogP contribution < -0.4 is 5.32 Å². The minimum atomic E-state index is 0.547. The molecule has 0 radical (unpaired) electrons. The van der Waals surface area contributed by atoms with E-state index in [0.717, 1.165) is 26.1 Å². The quantitative estimate of drug-likeness (QED) is 0.877. The van der Waals surface area contributed by atoms with Gasteiger partial charge in [-0.3, -0.25) is 0 Å². The third-order valence-electron chi connectivity index (χ3n) is 3.10. The van der Waals surface area contributed by atoms with Gasteiger partial charge in [-0.1, -0.05) is 29.3 Å². The van der Waals surface area contributed by atoms with Gasteiger partial charge in [0.1, 0.15) is 0 Å². The van der Waals surface area contributed by atoms with Crippen LogP contribution in [0.4, 0.5) is 0 Å². The highest BCUT2D eigenvalue weighted by Gasteiger charge is 2.18. The van der Waals surface area contributed by atoms with Gasteiger partial charge in [0, 0.05) is 25.7 Å². The van der Waals surface area contributed by atoms with E-state index in [1.165, 1.54) is 5.56 Å².